The van der Waals surface area contributed by atoms with Crippen LogP contribution < -0.4 is 9.47 Å². The topological polar surface area (TPSA) is 61.8 Å². The molecule has 0 spiro atoms. The number of ketones is 2. The molecule has 1 aromatic carbocycles. The zero-order valence-corrected chi connectivity index (χ0v) is 24.7. The van der Waals surface area contributed by atoms with Gasteiger partial charge in [0.1, 0.15) is 11.5 Å². The molecule has 0 saturated carbocycles. The molecule has 0 fully saturated rings. The molecule has 38 heavy (non-hydrogen) atoms. The van der Waals surface area contributed by atoms with Gasteiger partial charge in [-0.05, 0) is 34.9 Å². The molecule has 3 aliphatic rings. The van der Waals surface area contributed by atoms with Crippen LogP contribution in [0.1, 0.15) is 110 Å². The normalized spacial score (nSPS) is 20.7. The third-order valence-corrected chi connectivity index (χ3v) is 8.19. The average Bonchev–Trinajstić information content (AvgIpc) is 2.81. The van der Waals surface area contributed by atoms with E-state index in [0.29, 0.717) is 71.5 Å². The van der Waals surface area contributed by atoms with Crippen molar-refractivity contribution in [2.24, 2.45) is 10.8 Å². The number of ether oxygens (including phenoxy) is 3. The van der Waals surface area contributed by atoms with Crippen LogP contribution in [-0.2, 0) is 14.3 Å². The molecular weight excluding hydrogens is 500 g/mol. The molecule has 1 aliphatic heterocycles. The fourth-order valence-corrected chi connectivity index (χ4v) is 6.38. The molecule has 0 N–H and O–H groups in total. The number of rotatable bonds is 10. The average molecular weight is 543 g/mol. The predicted octanol–water partition coefficient (Wildman–Crippen LogP) is 8.49. The quantitative estimate of drug-likeness (QED) is 0.277. The van der Waals surface area contributed by atoms with E-state index >= 15 is 0 Å². The molecule has 4 rings (SSSR count). The zero-order valence-electron chi connectivity index (χ0n) is 23.9. The highest BCUT2D eigenvalue weighted by Crippen LogP contribution is 2.54. The first kappa shape index (κ1) is 28.7. The molecule has 0 atom stereocenters. The number of unbranched alkanes of at least 4 members (excludes halogenated alkanes) is 5. The molecule has 0 saturated heterocycles. The van der Waals surface area contributed by atoms with Crippen molar-refractivity contribution >= 4 is 23.2 Å². The Morgan fingerprint density at radius 3 is 1.97 bits per heavy atom. The number of methoxy groups -OCH3 is 1. The highest BCUT2D eigenvalue weighted by molar-refractivity contribution is 6.32. The van der Waals surface area contributed by atoms with E-state index in [4.69, 9.17) is 25.8 Å². The van der Waals surface area contributed by atoms with Gasteiger partial charge >= 0.3 is 0 Å². The van der Waals surface area contributed by atoms with E-state index in [1.54, 1.807) is 7.11 Å². The van der Waals surface area contributed by atoms with Gasteiger partial charge in [0.25, 0.3) is 0 Å². The number of hydrogen-bond donors (Lipinski definition) is 0. The van der Waals surface area contributed by atoms with Gasteiger partial charge in [-0.3, -0.25) is 9.59 Å². The maximum Gasteiger partial charge on any atom is 0.179 e. The molecular formula is C32H43ClO5. The molecule has 208 valence electrons. The van der Waals surface area contributed by atoms with Crippen LogP contribution >= 0.6 is 11.6 Å². The Balaban J connectivity index is 1.69. The molecule has 0 aromatic heterocycles. The number of carbonyl (C=O) groups excluding carboxylic acids is 2. The second-order valence-corrected chi connectivity index (χ2v) is 13.1. The summed E-state index contributed by atoms with van der Waals surface area (Å²) in [5.41, 5.74) is 1.56. The van der Waals surface area contributed by atoms with Crippen LogP contribution in [0.3, 0.4) is 0 Å². The van der Waals surface area contributed by atoms with E-state index in [9.17, 15) is 9.59 Å². The Bertz CT molecular complexity index is 1100. The Morgan fingerprint density at radius 2 is 1.42 bits per heavy atom. The van der Waals surface area contributed by atoms with Crippen LogP contribution in [-0.4, -0.2) is 25.3 Å². The summed E-state index contributed by atoms with van der Waals surface area (Å²) in [7, 11) is 1.59. The van der Waals surface area contributed by atoms with Gasteiger partial charge in [0.2, 0.25) is 0 Å². The SMILES string of the molecule is CCCCCCCCOc1c(Cl)cc(C2C3=C(CC(C)(C)CC3=O)OC3=C2C(=O)CC(C)(C)C3)cc1OC. The van der Waals surface area contributed by atoms with Gasteiger partial charge in [-0.15, -0.1) is 0 Å². The molecule has 0 amide bonds. The third-order valence-electron chi connectivity index (χ3n) is 7.91. The lowest BCUT2D eigenvalue weighted by Gasteiger charge is -2.42. The second-order valence-electron chi connectivity index (χ2n) is 12.7. The predicted molar refractivity (Wildman–Crippen MR) is 151 cm³/mol. The van der Waals surface area contributed by atoms with Crippen LogP contribution in [0.15, 0.2) is 34.8 Å². The minimum absolute atomic E-state index is 0.0314. The Labute approximate surface area is 232 Å². The molecule has 2 aliphatic carbocycles. The standard InChI is InChI=1S/C32H43ClO5/c1-7-8-9-10-11-12-13-37-30-21(33)14-20(15-24(30)36-6)27-28-22(34)16-31(2,3)18-25(28)38-26-19-32(4,5)17-23(35)29(26)27/h14-15,27H,7-13,16-19H2,1-6H3. The largest absolute Gasteiger partial charge is 0.493 e. The highest BCUT2D eigenvalue weighted by atomic mass is 35.5. The molecule has 5 nitrogen and oxygen atoms in total. The summed E-state index contributed by atoms with van der Waals surface area (Å²) < 4.78 is 18.2. The number of Topliss-reactive ketones (excluding diaryl/α,β-unsaturated/α-hetero) is 2. The van der Waals surface area contributed by atoms with Crippen molar-refractivity contribution in [3.63, 3.8) is 0 Å². The Morgan fingerprint density at radius 1 is 0.868 bits per heavy atom. The smallest absolute Gasteiger partial charge is 0.179 e. The summed E-state index contributed by atoms with van der Waals surface area (Å²) in [6, 6.07) is 3.72. The first-order chi connectivity index (χ1) is 18.0. The van der Waals surface area contributed by atoms with Gasteiger partial charge in [-0.25, -0.2) is 0 Å². The first-order valence-corrected chi connectivity index (χ1v) is 14.5. The molecule has 0 bridgehead atoms. The summed E-state index contributed by atoms with van der Waals surface area (Å²) in [5.74, 6) is 1.96. The van der Waals surface area contributed by atoms with Crippen molar-refractivity contribution in [1.29, 1.82) is 0 Å². The van der Waals surface area contributed by atoms with Gasteiger partial charge in [0.05, 0.1) is 18.7 Å². The Kier molecular flexibility index (Phi) is 8.66. The fourth-order valence-electron chi connectivity index (χ4n) is 6.11. The van der Waals surface area contributed by atoms with Crippen LogP contribution in [0.2, 0.25) is 5.02 Å². The minimum Gasteiger partial charge on any atom is -0.493 e. The number of halogens is 1. The fraction of sp³-hybridized carbons (Fsp3) is 0.625. The minimum atomic E-state index is -0.514. The van der Waals surface area contributed by atoms with E-state index < -0.39 is 5.92 Å². The number of allylic oxidation sites excluding steroid dienone is 4. The molecule has 0 radical (unpaired) electrons. The summed E-state index contributed by atoms with van der Waals surface area (Å²) in [5, 5.41) is 0.424. The third kappa shape index (κ3) is 6.14. The summed E-state index contributed by atoms with van der Waals surface area (Å²) in [4.78, 5) is 27.1. The lowest BCUT2D eigenvalue weighted by atomic mass is 9.65. The van der Waals surface area contributed by atoms with Gasteiger partial charge in [-0.2, -0.15) is 0 Å². The first-order valence-electron chi connectivity index (χ1n) is 14.2. The van der Waals surface area contributed by atoms with E-state index in [2.05, 4.69) is 34.6 Å². The number of hydrogen-bond acceptors (Lipinski definition) is 5. The van der Waals surface area contributed by atoms with Crippen molar-refractivity contribution in [2.45, 2.75) is 105 Å². The maximum atomic E-state index is 13.6. The van der Waals surface area contributed by atoms with Crippen LogP contribution in [0.5, 0.6) is 11.5 Å². The van der Waals surface area contributed by atoms with Crippen molar-refractivity contribution in [3.8, 4) is 11.5 Å². The molecule has 1 heterocycles. The molecule has 0 unspecified atom stereocenters. The monoisotopic (exact) mass is 542 g/mol. The van der Waals surface area contributed by atoms with Gasteiger partial charge < -0.3 is 14.2 Å². The van der Waals surface area contributed by atoms with Crippen molar-refractivity contribution < 1.29 is 23.8 Å². The van der Waals surface area contributed by atoms with E-state index in [-0.39, 0.29) is 22.4 Å². The van der Waals surface area contributed by atoms with Gasteiger partial charge in [-0.1, -0.05) is 78.3 Å². The van der Waals surface area contributed by atoms with Crippen LogP contribution in [0.4, 0.5) is 0 Å². The lowest BCUT2D eigenvalue weighted by molar-refractivity contribution is -0.120. The summed E-state index contributed by atoms with van der Waals surface area (Å²) in [6.07, 6.45) is 9.15. The van der Waals surface area contributed by atoms with E-state index in [0.717, 1.165) is 18.4 Å². The van der Waals surface area contributed by atoms with Crippen LogP contribution in [0.25, 0.3) is 0 Å². The van der Waals surface area contributed by atoms with Crippen molar-refractivity contribution in [3.05, 3.63) is 45.4 Å². The number of carbonyl (C=O) groups is 2. The lowest BCUT2D eigenvalue weighted by Crippen LogP contribution is -2.37. The second kappa shape index (κ2) is 11.5. The summed E-state index contributed by atoms with van der Waals surface area (Å²) in [6.45, 7) is 11.1. The van der Waals surface area contributed by atoms with Crippen molar-refractivity contribution in [1.82, 2.24) is 0 Å². The maximum absolute atomic E-state index is 13.6. The number of benzene rings is 1. The van der Waals surface area contributed by atoms with Crippen molar-refractivity contribution in [2.75, 3.05) is 13.7 Å². The Hall–Kier alpha value is -2.27. The molecule has 6 heteroatoms. The van der Waals surface area contributed by atoms with E-state index in [1.165, 1.54) is 25.7 Å². The zero-order chi connectivity index (χ0) is 27.7. The van der Waals surface area contributed by atoms with Gasteiger partial charge in [0.15, 0.2) is 23.1 Å². The van der Waals surface area contributed by atoms with Gasteiger partial charge in [0, 0.05) is 42.7 Å². The summed E-state index contributed by atoms with van der Waals surface area (Å²) >= 11 is 6.79. The highest BCUT2D eigenvalue weighted by Gasteiger charge is 2.48. The van der Waals surface area contributed by atoms with Crippen LogP contribution in [0, 0.1) is 10.8 Å². The molecule has 1 aromatic rings. The van der Waals surface area contributed by atoms with E-state index in [1.807, 2.05) is 12.1 Å².